The van der Waals surface area contributed by atoms with Crippen LogP contribution in [0.5, 0.6) is 0 Å². The monoisotopic (exact) mass is 374 g/mol. The van der Waals surface area contributed by atoms with Gasteiger partial charge in [-0.1, -0.05) is 41.5 Å². The Bertz CT molecular complexity index is 447. The van der Waals surface area contributed by atoms with E-state index in [0.717, 1.165) is 0 Å². The van der Waals surface area contributed by atoms with E-state index in [1.165, 1.54) is 0 Å². The van der Waals surface area contributed by atoms with Gasteiger partial charge in [0.25, 0.3) is 0 Å². The van der Waals surface area contributed by atoms with Gasteiger partial charge in [0.15, 0.2) is 16.6 Å². The van der Waals surface area contributed by atoms with E-state index in [4.69, 9.17) is 13.6 Å². The normalized spacial score (nSPS) is 26.4. The van der Waals surface area contributed by atoms with Crippen molar-refractivity contribution < 1.29 is 18.7 Å². The van der Waals surface area contributed by atoms with Gasteiger partial charge in [-0.05, 0) is 42.3 Å². The molecule has 0 aromatic heterocycles. The smallest absolute Gasteiger partial charge is 0.193 e. The van der Waals surface area contributed by atoms with Crippen molar-refractivity contribution >= 4 is 16.6 Å². The molecule has 0 aromatic rings. The predicted octanol–water partition coefficient (Wildman–Crippen LogP) is 4.67. The van der Waals surface area contributed by atoms with Crippen LogP contribution >= 0.6 is 0 Å². The molecule has 6 heteroatoms. The Morgan fingerprint density at radius 1 is 0.958 bits per heavy atom. The standard InChI is InChI=1S/C18H38O4Si2/c1-17(2,3)23(7,8)21-13-15-16(19)14(11-12-20-15)22-24(9,10)18(4,5)6/h11-12,14-16,19H,13H2,1-10H3/t14-,15+,16+/m0/s1. The first-order valence-electron chi connectivity index (χ1n) is 8.90. The van der Waals surface area contributed by atoms with Gasteiger partial charge in [-0.15, -0.1) is 0 Å². The van der Waals surface area contributed by atoms with Crippen molar-refractivity contribution in [3.63, 3.8) is 0 Å². The molecular formula is C18H38O4Si2. The Morgan fingerprint density at radius 3 is 1.92 bits per heavy atom. The molecule has 0 saturated carbocycles. The predicted molar refractivity (Wildman–Crippen MR) is 105 cm³/mol. The van der Waals surface area contributed by atoms with Crippen LogP contribution < -0.4 is 0 Å². The maximum atomic E-state index is 10.7. The van der Waals surface area contributed by atoms with Crippen LogP contribution in [-0.4, -0.2) is 46.7 Å². The molecule has 0 amide bonds. The first-order valence-corrected chi connectivity index (χ1v) is 14.7. The third kappa shape index (κ3) is 5.18. The summed E-state index contributed by atoms with van der Waals surface area (Å²) < 4.78 is 18.2. The van der Waals surface area contributed by atoms with Gasteiger partial charge in [0.05, 0.1) is 19.0 Å². The fourth-order valence-electron chi connectivity index (χ4n) is 1.90. The molecule has 0 saturated heterocycles. The highest BCUT2D eigenvalue weighted by Crippen LogP contribution is 2.39. The highest BCUT2D eigenvalue weighted by molar-refractivity contribution is 6.74. The highest BCUT2D eigenvalue weighted by atomic mass is 28.4. The number of rotatable bonds is 5. The fourth-order valence-corrected chi connectivity index (χ4v) is 4.17. The van der Waals surface area contributed by atoms with Gasteiger partial charge in [0.1, 0.15) is 12.2 Å². The van der Waals surface area contributed by atoms with Gasteiger partial charge >= 0.3 is 0 Å². The Kier molecular flexibility index (Phi) is 6.60. The molecule has 0 radical (unpaired) electrons. The van der Waals surface area contributed by atoms with Crippen molar-refractivity contribution in [3.8, 4) is 0 Å². The molecule has 0 fully saturated rings. The minimum absolute atomic E-state index is 0.103. The van der Waals surface area contributed by atoms with E-state index in [1.54, 1.807) is 6.26 Å². The fraction of sp³-hybridized carbons (Fsp3) is 0.889. The second-order valence-corrected chi connectivity index (χ2v) is 19.5. The summed E-state index contributed by atoms with van der Waals surface area (Å²) in [4.78, 5) is 0. The van der Waals surface area contributed by atoms with Crippen molar-refractivity contribution in [2.24, 2.45) is 0 Å². The highest BCUT2D eigenvalue weighted by Gasteiger charge is 2.43. The molecule has 0 unspecified atom stereocenters. The lowest BCUT2D eigenvalue weighted by Gasteiger charge is -2.42. The number of ether oxygens (including phenoxy) is 1. The zero-order valence-electron chi connectivity index (χ0n) is 17.3. The van der Waals surface area contributed by atoms with Crippen molar-refractivity contribution in [3.05, 3.63) is 12.3 Å². The maximum Gasteiger partial charge on any atom is 0.193 e. The van der Waals surface area contributed by atoms with Gasteiger partial charge in [-0.25, -0.2) is 0 Å². The van der Waals surface area contributed by atoms with Crippen LogP contribution in [0.2, 0.25) is 36.3 Å². The van der Waals surface area contributed by atoms with Gasteiger partial charge in [0.2, 0.25) is 0 Å². The van der Waals surface area contributed by atoms with Crippen molar-refractivity contribution in [1.29, 1.82) is 0 Å². The molecule has 24 heavy (non-hydrogen) atoms. The van der Waals surface area contributed by atoms with Crippen LogP contribution in [-0.2, 0) is 13.6 Å². The first-order chi connectivity index (χ1) is 10.6. The van der Waals surface area contributed by atoms with Crippen LogP contribution in [0.15, 0.2) is 12.3 Å². The topological polar surface area (TPSA) is 47.9 Å². The SMILES string of the molecule is CC(C)(C)[Si](C)(C)OC[C@H]1OC=C[C@H](O[Si](C)(C)C(C)(C)C)[C@H]1O. The zero-order valence-corrected chi connectivity index (χ0v) is 19.3. The molecular weight excluding hydrogens is 336 g/mol. The maximum absolute atomic E-state index is 10.7. The lowest BCUT2D eigenvalue weighted by Crippen LogP contribution is -2.52. The average molecular weight is 375 g/mol. The summed E-state index contributed by atoms with van der Waals surface area (Å²) in [7, 11) is -3.82. The minimum atomic E-state index is -1.95. The van der Waals surface area contributed by atoms with E-state index in [1.807, 2.05) is 6.08 Å². The molecule has 4 nitrogen and oxygen atoms in total. The Labute approximate surface area is 150 Å². The summed E-state index contributed by atoms with van der Waals surface area (Å²) in [6.07, 6.45) is 2.08. The largest absolute Gasteiger partial charge is 0.493 e. The molecule has 1 heterocycles. The zero-order chi connectivity index (χ0) is 19.0. The lowest BCUT2D eigenvalue weighted by molar-refractivity contribution is -0.0749. The second kappa shape index (κ2) is 7.23. The van der Waals surface area contributed by atoms with Gasteiger partial charge in [-0.3, -0.25) is 0 Å². The van der Waals surface area contributed by atoms with Gasteiger partial charge in [0, 0.05) is 0 Å². The summed E-state index contributed by atoms with van der Waals surface area (Å²) in [6, 6.07) is 0. The van der Waals surface area contributed by atoms with E-state index in [-0.39, 0.29) is 22.3 Å². The third-order valence-electron chi connectivity index (χ3n) is 5.89. The van der Waals surface area contributed by atoms with E-state index < -0.39 is 22.7 Å². The van der Waals surface area contributed by atoms with Gasteiger partial charge in [-0.2, -0.15) is 0 Å². The molecule has 1 aliphatic heterocycles. The van der Waals surface area contributed by atoms with Crippen molar-refractivity contribution in [2.45, 2.75) is 96.1 Å². The average Bonchev–Trinajstić information content (AvgIpc) is 2.37. The molecule has 142 valence electrons. The van der Waals surface area contributed by atoms with Crippen LogP contribution in [0.25, 0.3) is 0 Å². The first kappa shape index (κ1) is 21.9. The molecule has 0 aliphatic carbocycles. The third-order valence-corrected chi connectivity index (χ3v) is 14.9. The summed E-state index contributed by atoms with van der Waals surface area (Å²) in [5.74, 6) is 0. The summed E-state index contributed by atoms with van der Waals surface area (Å²) in [6.45, 7) is 22.4. The number of aliphatic hydroxyl groups excluding tert-OH is 1. The summed E-state index contributed by atoms with van der Waals surface area (Å²) in [5.41, 5.74) is 0. The number of aliphatic hydroxyl groups is 1. The quantitative estimate of drug-likeness (QED) is 0.710. The molecule has 0 spiro atoms. The van der Waals surface area contributed by atoms with Crippen LogP contribution in [0, 0.1) is 0 Å². The Balaban J connectivity index is 2.74. The molecule has 1 rings (SSSR count). The molecule has 3 atom stereocenters. The van der Waals surface area contributed by atoms with Crippen molar-refractivity contribution in [2.75, 3.05) is 6.61 Å². The molecule has 0 aromatic carbocycles. The minimum Gasteiger partial charge on any atom is -0.493 e. The van der Waals surface area contributed by atoms with Crippen molar-refractivity contribution in [1.82, 2.24) is 0 Å². The second-order valence-electron chi connectivity index (χ2n) is 9.91. The van der Waals surface area contributed by atoms with E-state index in [9.17, 15) is 5.11 Å². The Hall–Kier alpha value is -0.146. The van der Waals surface area contributed by atoms with E-state index in [0.29, 0.717) is 6.61 Å². The van der Waals surface area contributed by atoms with Crippen LogP contribution in [0.3, 0.4) is 0 Å². The summed E-state index contributed by atoms with van der Waals surface area (Å²) in [5, 5.41) is 11.0. The van der Waals surface area contributed by atoms with Gasteiger partial charge < -0.3 is 18.7 Å². The van der Waals surface area contributed by atoms with E-state index in [2.05, 4.69) is 67.7 Å². The molecule has 1 N–H and O–H groups in total. The molecule has 0 bridgehead atoms. The molecule has 1 aliphatic rings. The van der Waals surface area contributed by atoms with Crippen LogP contribution in [0.1, 0.15) is 41.5 Å². The Morgan fingerprint density at radius 2 is 1.46 bits per heavy atom. The summed E-state index contributed by atoms with van der Waals surface area (Å²) >= 11 is 0. The number of hydrogen-bond donors (Lipinski definition) is 1. The van der Waals surface area contributed by atoms with Crippen LogP contribution in [0.4, 0.5) is 0 Å². The lowest BCUT2D eigenvalue weighted by atomic mass is 10.1. The number of hydrogen-bond acceptors (Lipinski definition) is 4. The van der Waals surface area contributed by atoms with E-state index >= 15 is 0 Å².